The molecule has 6 aliphatic rings. The molecule has 276 valence electrons. The van der Waals surface area contributed by atoms with Gasteiger partial charge in [0.1, 0.15) is 12.2 Å². The summed E-state index contributed by atoms with van der Waals surface area (Å²) < 4.78 is 22.4. The molecule has 6 fully saturated rings. The van der Waals surface area contributed by atoms with Crippen molar-refractivity contribution in [2.75, 3.05) is 14.2 Å². The van der Waals surface area contributed by atoms with Gasteiger partial charge in [0.2, 0.25) is 11.6 Å². The van der Waals surface area contributed by atoms with Crippen LogP contribution in [0.15, 0.2) is 0 Å². The first-order valence-corrected chi connectivity index (χ1v) is 18.4. The highest BCUT2D eigenvalue weighted by molar-refractivity contribution is 5.72. The fraction of sp³-hybridized carbons (Fsp3) is 0.892. The second-order valence-electron chi connectivity index (χ2n) is 16.5. The molecule has 49 heavy (non-hydrogen) atoms. The fourth-order valence-electron chi connectivity index (χ4n) is 11.5. The Morgan fingerprint density at radius 2 is 1.43 bits per heavy atom. The van der Waals surface area contributed by atoms with Crippen molar-refractivity contribution in [3.63, 3.8) is 0 Å². The second kappa shape index (κ2) is 13.7. The largest absolute Gasteiger partial charge is 0.469 e. The van der Waals surface area contributed by atoms with Gasteiger partial charge in [-0.25, -0.2) is 0 Å². The van der Waals surface area contributed by atoms with Crippen LogP contribution in [-0.2, 0) is 57.7 Å². The van der Waals surface area contributed by atoms with Gasteiger partial charge in [-0.3, -0.25) is 19.2 Å². The highest BCUT2D eigenvalue weighted by Gasteiger charge is 2.69. The van der Waals surface area contributed by atoms with Crippen LogP contribution < -0.4 is 0 Å². The summed E-state index contributed by atoms with van der Waals surface area (Å²) in [5, 5.41) is 0. The summed E-state index contributed by atoms with van der Waals surface area (Å²) in [6.45, 7) is 9.77. The number of fused-ring (bicyclic) bond motifs is 5. The number of hydrogen-bond donors (Lipinski definition) is 0. The van der Waals surface area contributed by atoms with E-state index in [0.717, 1.165) is 19.3 Å². The van der Waals surface area contributed by atoms with Crippen LogP contribution in [0.2, 0.25) is 0 Å². The van der Waals surface area contributed by atoms with Gasteiger partial charge in [0.05, 0.1) is 20.1 Å². The average molecular weight is 693 g/mol. The lowest BCUT2D eigenvalue weighted by molar-refractivity contribution is -0.665. The van der Waals surface area contributed by atoms with Gasteiger partial charge in [-0.15, -0.1) is 0 Å². The first kappa shape index (κ1) is 36.5. The summed E-state index contributed by atoms with van der Waals surface area (Å²) in [6.07, 6.45) is 7.48. The SMILES string of the molecule is COC(=O)CC[C@@H](C)[C@H]1CC[C@H]2[C@@H]3[C@H](OC(C)=O)C[C@@H]4CC5(CC[C@]4(C)[C@H]3C[C@H](OC(C)=O)[C@]12C)OOC1(CCC(C(=O)OC)CC1)OO5. The number of esters is 4. The molecule has 2 spiro atoms. The maximum Gasteiger partial charge on any atom is 0.308 e. The Morgan fingerprint density at radius 1 is 0.776 bits per heavy atom. The number of methoxy groups -OCH3 is 2. The second-order valence-corrected chi connectivity index (χ2v) is 16.5. The minimum Gasteiger partial charge on any atom is -0.469 e. The highest BCUT2D eigenvalue weighted by atomic mass is 17.4. The van der Waals surface area contributed by atoms with Crippen molar-refractivity contribution in [2.24, 2.45) is 52.3 Å². The van der Waals surface area contributed by atoms with Crippen LogP contribution in [0, 0.1) is 52.3 Å². The molecule has 6 rings (SSSR count). The van der Waals surface area contributed by atoms with E-state index in [0.29, 0.717) is 64.2 Å². The third kappa shape index (κ3) is 6.53. The lowest BCUT2D eigenvalue weighted by atomic mass is 9.42. The van der Waals surface area contributed by atoms with Gasteiger partial charge >= 0.3 is 23.9 Å². The molecule has 5 saturated carbocycles. The topological polar surface area (TPSA) is 142 Å². The minimum absolute atomic E-state index is 0.0571. The summed E-state index contributed by atoms with van der Waals surface area (Å²) in [5.74, 6) is -2.49. The van der Waals surface area contributed by atoms with E-state index in [1.165, 1.54) is 28.1 Å². The Morgan fingerprint density at radius 3 is 2.04 bits per heavy atom. The molecule has 1 aliphatic heterocycles. The van der Waals surface area contributed by atoms with E-state index < -0.39 is 11.6 Å². The van der Waals surface area contributed by atoms with E-state index in [4.69, 9.17) is 38.5 Å². The molecule has 10 atom stereocenters. The summed E-state index contributed by atoms with van der Waals surface area (Å²) in [5.41, 5.74) is -0.500. The first-order chi connectivity index (χ1) is 23.2. The lowest BCUT2D eigenvalue weighted by Crippen LogP contribution is -2.65. The zero-order valence-electron chi connectivity index (χ0n) is 30.3. The maximum absolute atomic E-state index is 12.7. The smallest absolute Gasteiger partial charge is 0.308 e. The van der Waals surface area contributed by atoms with Crippen LogP contribution in [0.5, 0.6) is 0 Å². The van der Waals surface area contributed by atoms with Gasteiger partial charge in [0.15, 0.2) is 0 Å². The summed E-state index contributed by atoms with van der Waals surface area (Å²) in [7, 11) is 2.81. The van der Waals surface area contributed by atoms with E-state index in [1.807, 2.05) is 0 Å². The molecule has 0 bridgehead atoms. The van der Waals surface area contributed by atoms with Gasteiger partial charge in [0.25, 0.3) is 0 Å². The third-order valence-corrected chi connectivity index (χ3v) is 14.1. The fourth-order valence-corrected chi connectivity index (χ4v) is 11.5. The van der Waals surface area contributed by atoms with Gasteiger partial charge in [-0.05, 0) is 86.4 Å². The molecule has 0 aromatic carbocycles. The Balaban J connectivity index is 1.23. The van der Waals surface area contributed by atoms with E-state index in [2.05, 4.69) is 20.8 Å². The molecule has 0 radical (unpaired) electrons. The Labute approximate surface area is 289 Å². The Hall–Kier alpha value is -2.28. The van der Waals surface area contributed by atoms with Crippen LogP contribution in [0.1, 0.15) is 118 Å². The molecular weight excluding hydrogens is 636 g/mol. The predicted octanol–water partition coefficient (Wildman–Crippen LogP) is 5.98. The normalized spacial score (nSPS) is 45.0. The molecule has 12 nitrogen and oxygen atoms in total. The number of rotatable bonds is 7. The average Bonchev–Trinajstić information content (AvgIpc) is 3.43. The van der Waals surface area contributed by atoms with Crippen LogP contribution in [-0.4, -0.2) is 61.9 Å². The van der Waals surface area contributed by atoms with Gasteiger partial charge in [0, 0.05) is 57.3 Å². The monoisotopic (exact) mass is 692 g/mol. The molecule has 0 unspecified atom stereocenters. The minimum atomic E-state index is -1.10. The number of carbonyl (C=O) groups is 4. The lowest BCUT2D eigenvalue weighted by Gasteiger charge is -2.65. The molecule has 0 aromatic heterocycles. The van der Waals surface area contributed by atoms with Crippen LogP contribution >= 0.6 is 0 Å². The van der Waals surface area contributed by atoms with Gasteiger partial charge in [-0.2, -0.15) is 19.6 Å². The summed E-state index contributed by atoms with van der Waals surface area (Å²) in [6, 6.07) is 0. The molecule has 0 N–H and O–H groups in total. The first-order valence-electron chi connectivity index (χ1n) is 18.4. The summed E-state index contributed by atoms with van der Waals surface area (Å²) >= 11 is 0. The number of carbonyl (C=O) groups excluding carboxylic acids is 4. The van der Waals surface area contributed by atoms with Crippen LogP contribution in [0.25, 0.3) is 0 Å². The van der Waals surface area contributed by atoms with E-state index >= 15 is 0 Å². The quantitative estimate of drug-likeness (QED) is 0.176. The van der Waals surface area contributed by atoms with E-state index in [-0.39, 0.29) is 88.3 Å². The Bertz CT molecular complexity index is 1270. The number of ether oxygens (including phenoxy) is 4. The number of hydrogen-bond acceptors (Lipinski definition) is 12. The molecule has 5 aliphatic carbocycles. The van der Waals surface area contributed by atoms with Crippen molar-refractivity contribution in [1.82, 2.24) is 0 Å². The van der Waals surface area contributed by atoms with Crippen molar-refractivity contribution < 1.29 is 57.7 Å². The molecule has 0 amide bonds. The van der Waals surface area contributed by atoms with Crippen molar-refractivity contribution in [2.45, 2.75) is 142 Å². The predicted molar refractivity (Wildman–Crippen MR) is 171 cm³/mol. The summed E-state index contributed by atoms with van der Waals surface area (Å²) in [4.78, 5) is 73.7. The van der Waals surface area contributed by atoms with E-state index in [9.17, 15) is 19.2 Å². The van der Waals surface area contributed by atoms with Crippen molar-refractivity contribution in [3.8, 4) is 0 Å². The molecular formula is C37H56O12. The zero-order valence-corrected chi connectivity index (χ0v) is 30.3. The van der Waals surface area contributed by atoms with Crippen molar-refractivity contribution >= 4 is 23.9 Å². The van der Waals surface area contributed by atoms with Crippen LogP contribution in [0.4, 0.5) is 0 Å². The van der Waals surface area contributed by atoms with Crippen molar-refractivity contribution in [3.05, 3.63) is 0 Å². The van der Waals surface area contributed by atoms with E-state index in [1.54, 1.807) is 0 Å². The van der Waals surface area contributed by atoms with Gasteiger partial charge in [-0.1, -0.05) is 20.8 Å². The standard InChI is InChI=1S/C37H56O12/c1-21(8-11-31(40)42-6)26-9-10-27-32-28(19-30(35(26,27)5)45-23(3)39)34(4)16-17-37(20-25(34)18-29(32)44-22(2)38)48-46-36(47-49-37)14-12-24(13-15-36)33(41)43-7/h21,24-30,32H,8-20H2,1-7H3/t21-,24?,25-,26-,27+,28+,29-,30+,32+,34+,35-,36?,37?/m1/s1. The Kier molecular flexibility index (Phi) is 10.2. The third-order valence-electron chi connectivity index (χ3n) is 14.1. The van der Waals surface area contributed by atoms with Gasteiger partial charge < -0.3 is 18.9 Å². The van der Waals surface area contributed by atoms with Crippen LogP contribution in [0.3, 0.4) is 0 Å². The molecule has 1 heterocycles. The molecule has 12 heteroatoms. The molecule has 0 aromatic rings. The highest BCUT2D eigenvalue weighted by Crippen LogP contribution is 2.70. The molecule has 1 saturated heterocycles. The maximum atomic E-state index is 12.7. The van der Waals surface area contributed by atoms with Crippen molar-refractivity contribution in [1.29, 1.82) is 0 Å². The zero-order chi connectivity index (χ0) is 35.4.